The van der Waals surface area contributed by atoms with Crippen molar-refractivity contribution in [2.75, 3.05) is 13.1 Å². The topological polar surface area (TPSA) is 46.3 Å². The molecule has 0 aliphatic carbocycles. The number of nitrogens with two attached hydrogens (primary N) is 1. The zero-order valence-electron chi connectivity index (χ0n) is 10.3. The predicted octanol–water partition coefficient (Wildman–Crippen LogP) is 2.33. The number of carbonyl (C=O) groups excluding carboxylic acids is 1. The van der Waals surface area contributed by atoms with Gasteiger partial charge in [0, 0.05) is 25.6 Å². The Bertz CT molecular complexity index is 473. The van der Waals surface area contributed by atoms with Crippen molar-refractivity contribution in [1.82, 2.24) is 4.90 Å². The van der Waals surface area contributed by atoms with Crippen LogP contribution in [-0.4, -0.2) is 23.9 Å². The quantitative estimate of drug-likeness (QED) is 0.918. The number of likely N-dealkylation sites (tertiary alicyclic amines) is 1. The maximum absolute atomic E-state index is 12.6. The molecule has 1 heterocycles. The number of rotatable bonds is 3. The molecular weight excluding hydrogens is 257 g/mol. The minimum Gasteiger partial charge on any atom is -0.341 e. The van der Waals surface area contributed by atoms with E-state index in [9.17, 15) is 18.0 Å². The first-order valence-electron chi connectivity index (χ1n) is 6.08. The van der Waals surface area contributed by atoms with Gasteiger partial charge >= 0.3 is 6.18 Å². The fraction of sp³-hybridized carbons (Fsp3) is 0.462. The third-order valence-corrected chi connectivity index (χ3v) is 3.23. The number of carbonyl (C=O) groups is 1. The number of nitrogens with zero attached hydrogens (tertiary/aromatic N) is 1. The lowest BCUT2D eigenvalue weighted by Crippen LogP contribution is -2.33. The van der Waals surface area contributed by atoms with Crippen molar-refractivity contribution in [3.05, 3.63) is 35.4 Å². The van der Waals surface area contributed by atoms with Crippen LogP contribution in [0.25, 0.3) is 0 Å². The molecule has 104 valence electrons. The molecule has 1 amide bonds. The van der Waals surface area contributed by atoms with Crippen LogP contribution in [-0.2, 0) is 11.0 Å². The van der Waals surface area contributed by atoms with Gasteiger partial charge in [-0.15, -0.1) is 0 Å². The smallest absolute Gasteiger partial charge is 0.341 e. The molecule has 1 aromatic carbocycles. The molecular formula is C13H15F3N2O. The van der Waals surface area contributed by atoms with Gasteiger partial charge in [-0.1, -0.05) is 12.1 Å². The minimum absolute atomic E-state index is 0.0161. The summed E-state index contributed by atoms with van der Waals surface area (Å²) in [7, 11) is 0. The molecule has 0 saturated carbocycles. The minimum atomic E-state index is -4.38. The van der Waals surface area contributed by atoms with Crippen molar-refractivity contribution in [3.8, 4) is 0 Å². The predicted molar refractivity (Wildman–Crippen MR) is 64.2 cm³/mol. The van der Waals surface area contributed by atoms with Crippen LogP contribution in [0.1, 0.15) is 30.0 Å². The van der Waals surface area contributed by atoms with Gasteiger partial charge in [0.15, 0.2) is 0 Å². The van der Waals surface area contributed by atoms with Crippen LogP contribution in [0, 0.1) is 0 Å². The second-order valence-corrected chi connectivity index (χ2v) is 4.67. The molecule has 1 aliphatic rings. The van der Waals surface area contributed by atoms with Gasteiger partial charge in [-0.3, -0.25) is 4.79 Å². The Kier molecular flexibility index (Phi) is 3.80. The van der Waals surface area contributed by atoms with Gasteiger partial charge in [-0.2, -0.15) is 13.2 Å². The fourth-order valence-electron chi connectivity index (χ4n) is 2.19. The Morgan fingerprint density at radius 2 is 2.11 bits per heavy atom. The van der Waals surface area contributed by atoms with E-state index < -0.39 is 17.8 Å². The summed E-state index contributed by atoms with van der Waals surface area (Å²) in [6, 6.07) is 4.36. The van der Waals surface area contributed by atoms with Gasteiger partial charge in [0.25, 0.3) is 0 Å². The number of hydrogen-bond donors (Lipinski definition) is 1. The van der Waals surface area contributed by atoms with E-state index in [4.69, 9.17) is 5.73 Å². The molecule has 0 unspecified atom stereocenters. The number of benzene rings is 1. The van der Waals surface area contributed by atoms with Crippen LogP contribution >= 0.6 is 0 Å². The van der Waals surface area contributed by atoms with E-state index in [1.165, 1.54) is 6.07 Å². The first-order chi connectivity index (χ1) is 8.88. The van der Waals surface area contributed by atoms with E-state index in [2.05, 4.69) is 0 Å². The van der Waals surface area contributed by atoms with Crippen molar-refractivity contribution in [2.45, 2.75) is 25.1 Å². The highest BCUT2D eigenvalue weighted by molar-refractivity contribution is 5.78. The zero-order chi connectivity index (χ0) is 14.0. The van der Waals surface area contributed by atoms with E-state index in [-0.39, 0.29) is 12.5 Å². The molecule has 0 aromatic heterocycles. The summed E-state index contributed by atoms with van der Waals surface area (Å²) < 4.78 is 37.8. The third-order valence-electron chi connectivity index (χ3n) is 3.23. The molecule has 1 aromatic rings. The average molecular weight is 272 g/mol. The highest BCUT2D eigenvalue weighted by Crippen LogP contribution is 2.30. The SMILES string of the molecule is N[C@@H](CN1CCCC1=O)c1cccc(C(F)(F)F)c1. The molecule has 19 heavy (non-hydrogen) atoms. The molecule has 2 rings (SSSR count). The Morgan fingerprint density at radius 1 is 1.37 bits per heavy atom. The maximum atomic E-state index is 12.6. The third kappa shape index (κ3) is 3.26. The van der Waals surface area contributed by atoms with E-state index in [0.717, 1.165) is 18.6 Å². The molecule has 1 saturated heterocycles. The van der Waals surface area contributed by atoms with E-state index in [0.29, 0.717) is 18.5 Å². The lowest BCUT2D eigenvalue weighted by atomic mass is 10.0. The monoisotopic (exact) mass is 272 g/mol. The van der Waals surface area contributed by atoms with Crippen molar-refractivity contribution in [3.63, 3.8) is 0 Å². The summed E-state index contributed by atoms with van der Waals surface area (Å²) in [6.07, 6.45) is -3.09. The highest BCUT2D eigenvalue weighted by atomic mass is 19.4. The summed E-state index contributed by atoms with van der Waals surface area (Å²) >= 11 is 0. The lowest BCUT2D eigenvalue weighted by Gasteiger charge is -2.21. The molecule has 2 N–H and O–H groups in total. The van der Waals surface area contributed by atoms with Crippen LogP contribution in [0.4, 0.5) is 13.2 Å². The number of alkyl halides is 3. The van der Waals surface area contributed by atoms with Gasteiger partial charge in [0.2, 0.25) is 5.91 Å². The molecule has 1 atom stereocenters. The second-order valence-electron chi connectivity index (χ2n) is 4.67. The van der Waals surface area contributed by atoms with Gasteiger partial charge in [0.1, 0.15) is 0 Å². The van der Waals surface area contributed by atoms with Crippen LogP contribution in [0.5, 0.6) is 0 Å². The summed E-state index contributed by atoms with van der Waals surface area (Å²) in [5, 5.41) is 0. The molecule has 3 nitrogen and oxygen atoms in total. The zero-order valence-corrected chi connectivity index (χ0v) is 10.3. The van der Waals surface area contributed by atoms with Crippen molar-refractivity contribution >= 4 is 5.91 Å². The fourth-order valence-corrected chi connectivity index (χ4v) is 2.19. The van der Waals surface area contributed by atoms with Crippen LogP contribution in [0.3, 0.4) is 0 Å². The first kappa shape index (κ1) is 13.9. The molecule has 6 heteroatoms. The molecule has 0 bridgehead atoms. The van der Waals surface area contributed by atoms with E-state index in [1.807, 2.05) is 0 Å². The number of amides is 1. The van der Waals surface area contributed by atoms with E-state index >= 15 is 0 Å². The summed E-state index contributed by atoms with van der Waals surface area (Å²) in [5.41, 5.74) is 5.57. The lowest BCUT2D eigenvalue weighted by molar-refractivity contribution is -0.137. The number of hydrogen-bond acceptors (Lipinski definition) is 2. The molecule has 0 radical (unpaired) electrons. The van der Waals surface area contributed by atoms with Crippen molar-refractivity contribution < 1.29 is 18.0 Å². The average Bonchev–Trinajstić information content (AvgIpc) is 2.74. The van der Waals surface area contributed by atoms with Gasteiger partial charge in [-0.05, 0) is 24.1 Å². The molecule has 0 spiro atoms. The first-order valence-corrected chi connectivity index (χ1v) is 6.08. The summed E-state index contributed by atoms with van der Waals surface area (Å²) in [4.78, 5) is 13.1. The number of halogens is 3. The highest BCUT2D eigenvalue weighted by Gasteiger charge is 2.31. The largest absolute Gasteiger partial charge is 0.416 e. The van der Waals surface area contributed by atoms with Crippen molar-refractivity contribution in [1.29, 1.82) is 0 Å². The second kappa shape index (κ2) is 5.21. The van der Waals surface area contributed by atoms with Gasteiger partial charge < -0.3 is 10.6 Å². The van der Waals surface area contributed by atoms with Crippen molar-refractivity contribution in [2.24, 2.45) is 5.73 Å². The Labute approximate surface area is 109 Å². The van der Waals surface area contributed by atoms with Crippen LogP contribution in [0.2, 0.25) is 0 Å². The standard InChI is InChI=1S/C13H15F3N2O/c14-13(15,16)10-4-1-3-9(7-10)11(17)8-18-6-2-5-12(18)19/h1,3-4,7,11H,2,5-6,8,17H2/t11-/m0/s1. The Balaban J connectivity index is 2.10. The normalized spacial score (nSPS) is 17.9. The molecule has 1 aliphatic heterocycles. The van der Waals surface area contributed by atoms with Crippen LogP contribution in [0.15, 0.2) is 24.3 Å². The van der Waals surface area contributed by atoms with Gasteiger partial charge in [-0.25, -0.2) is 0 Å². The van der Waals surface area contributed by atoms with Gasteiger partial charge in [0.05, 0.1) is 5.56 Å². The van der Waals surface area contributed by atoms with Crippen LogP contribution < -0.4 is 5.73 Å². The maximum Gasteiger partial charge on any atom is 0.416 e. The summed E-state index contributed by atoms with van der Waals surface area (Å²) in [6.45, 7) is 0.894. The Morgan fingerprint density at radius 3 is 2.68 bits per heavy atom. The molecule has 1 fully saturated rings. The Hall–Kier alpha value is -1.56. The summed E-state index contributed by atoms with van der Waals surface area (Å²) in [5.74, 6) is 0.0161. The van der Waals surface area contributed by atoms with E-state index in [1.54, 1.807) is 11.0 Å².